The summed E-state index contributed by atoms with van der Waals surface area (Å²) >= 11 is 0. The lowest BCUT2D eigenvalue weighted by atomic mass is 9.99. The van der Waals surface area contributed by atoms with Gasteiger partial charge in [-0.15, -0.1) is 0 Å². The largest absolute Gasteiger partial charge is 0.298 e. The Hall–Kier alpha value is -2.19. The van der Waals surface area contributed by atoms with Gasteiger partial charge in [-0.1, -0.05) is 13.8 Å². The van der Waals surface area contributed by atoms with Crippen LogP contribution in [0.15, 0.2) is 24.3 Å². The molecule has 0 atom stereocenters. The molecule has 2 aromatic rings. The second kappa shape index (κ2) is 7.14. The maximum atomic E-state index is 13.1. The van der Waals surface area contributed by atoms with Crippen molar-refractivity contribution in [2.24, 2.45) is 0 Å². The van der Waals surface area contributed by atoms with E-state index < -0.39 is 21.6 Å². The normalized spacial score (nSPS) is 11.7. The van der Waals surface area contributed by atoms with Gasteiger partial charge in [0.05, 0.1) is 17.0 Å². The van der Waals surface area contributed by atoms with E-state index in [9.17, 15) is 17.6 Å². The molecule has 0 spiro atoms. The maximum Gasteiger partial charge on any atom is 0.218 e. The SMILES string of the molecule is CNS(=O)(=O)Cc1nc(-c2ccc(F)cc2)c(C=O)c(C(C)C)n1. The molecule has 1 heterocycles. The molecule has 0 unspecified atom stereocenters. The molecule has 0 amide bonds. The number of rotatable bonds is 6. The molecule has 128 valence electrons. The number of nitrogens with zero attached hydrogens (tertiary/aromatic N) is 2. The molecule has 0 aliphatic carbocycles. The van der Waals surface area contributed by atoms with Crippen LogP contribution >= 0.6 is 0 Å². The fourth-order valence-corrected chi connectivity index (χ4v) is 2.84. The topological polar surface area (TPSA) is 89.0 Å². The van der Waals surface area contributed by atoms with Gasteiger partial charge >= 0.3 is 0 Å². The number of aromatic nitrogens is 2. The molecule has 0 fully saturated rings. The third-order valence-electron chi connectivity index (χ3n) is 3.43. The Morgan fingerprint density at radius 3 is 2.33 bits per heavy atom. The first-order valence-corrected chi connectivity index (χ1v) is 8.95. The van der Waals surface area contributed by atoms with E-state index in [1.165, 1.54) is 31.3 Å². The average molecular weight is 351 g/mol. The summed E-state index contributed by atoms with van der Waals surface area (Å²) in [5, 5.41) is 0. The lowest BCUT2D eigenvalue weighted by molar-refractivity contribution is 0.112. The zero-order valence-electron chi connectivity index (χ0n) is 13.6. The Balaban J connectivity index is 2.68. The summed E-state index contributed by atoms with van der Waals surface area (Å²) in [5.74, 6) is -0.847. The molecule has 0 saturated heterocycles. The first kappa shape index (κ1) is 18.2. The summed E-state index contributed by atoms with van der Waals surface area (Å²) in [6.45, 7) is 3.69. The van der Waals surface area contributed by atoms with Gasteiger partial charge < -0.3 is 0 Å². The van der Waals surface area contributed by atoms with Crippen LogP contribution in [-0.4, -0.2) is 31.7 Å². The number of aldehydes is 1. The van der Waals surface area contributed by atoms with Gasteiger partial charge in [-0.2, -0.15) is 0 Å². The molecule has 0 radical (unpaired) electrons. The van der Waals surface area contributed by atoms with E-state index in [-0.39, 0.29) is 17.3 Å². The molecule has 1 aromatic carbocycles. The molecular weight excluding hydrogens is 333 g/mol. The van der Waals surface area contributed by atoms with E-state index in [2.05, 4.69) is 14.7 Å². The van der Waals surface area contributed by atoms with Crippen LogP contribution in [0, 0.1) is 5.82 Å². The number of carbonyl (C=O) groups is 1. The van der Waals surface area contributed by atoms with Crippen molar-refractivity contribution >= 4 is 16.3 Å². The van der Waals surface area contributed by atoms with Crippen LogP contribution in [0.1, 0.15) is 41.6 Å². The fraction of sp³-hybridized carbons (Fsp3) is 0.312. The summed E-state index contributed by atoms with van der Waals surface area (Å²) in [6, 6.07) is 5.49. The molecule has 8 heteroatoms. The first-order chi connectivity index (χ1) is 11.3. The molecule has 0 aliphatic heterocycles. The van der Waals surface area contributed by atoms with Crippen molar-refractivity contribution in [3.8, 4) is 11.3 Å². The number of sulfonamides is 1. The van der Waals surface area contributed by atoms with E-state index in [1.807, 2.05) is 13.8 Å². The predicted molar refractivity (Wildman–Crippen MR) is 88.6 cm³/mol. The molecule has 6 nitrogen and oxygen atoms in total. The Bertz CT molecular complexity index is 850. The highest BCUT2D eigenvalue weighted by Crippen LogP contribution is 2.27. The lowest BCUT2D eigenvalue weighted by Crippen LogP contribution is -2.22. The van der Waals surface area contributed by atoms with Crippen LogP contribution in [0.5, 0.6) is 0 Å². The van der Waals surface area contributed by atoms with Crippen molar-refractivity contribution < 1.29 is 17.6 Å². The summed E-state index contributed by atoms with van der Waals surface area (Å²) in [6.07, 6.45) is 0.643. The number of nitrogens with one attached hydrogen (secondary N) is 1. The fourth-order valence-electron chi connectivity index (χ4n) is 2.23. The Morgan fingerprint density at radius 2 is 1.83 bits per heavy atom. The number of carbonyl (C=O) groups excluding carboxylic acids is 1. The molecule has 0 aliphatic rings. The highest BCUT2D eigenvalue weighted by Gasteiger charge is 2.20. The van der Waals surface area contributed by atoms with Gasteiger partial charge in [0, 0.05) is 5.56 Å². The third kappa shape index (κ3) is 4.01. The molecule has 1 aromatic heterocycles. The van der Waals surface area contributed by atoms with Crippen molar-refractivity contribution in [3.63, 3.8) is 0 Å². The summed E-state index contributed by atoms with van der Waals surface area (Å²) in [4.78, 5) is 20.0. The Kier molecular flexibility index (Phi) is 5.40. The van der Waals surface area contributed by atoms with Crippen LogP contribution in [-0.2, 0) is 15.8 Å². The summed E-state index contributed by atoms with van der Waals surface area (Å²) in [7, 11) is -2.26. The zero-order chi connectivity index (χ0) is 17.9. The van der Waals surface area contributed by atoms with Crippen LogP contribution in [0.4, 0.5) is 4.39 Å². The quantitative estimate of drug-likeness (QED) is 0.807. The first-order valence-electron chi connectivity index (χ1n) is 7.30. The van der Waals surface area contributed by atoms with E-state index in [4.69, 9.17) is 0 Å². The van der Waals surface area contributed by atoms with Gasteiger partial charge in [-0.05, 0) is 37.2 Å². The number of halogens is 1. The van der Waals surface area contributed by atoms with Gasteiger partial charge in [-0.25, -0.2) is 27.5 Å². The molecule has 0 bridgehead atoms. The maximum absolute atomic E-state index is 13.1. The molecule has 2 rings (SSSR count). The van der Waals surface area contributed by atoms with Gasteiger partial charge in [-0.3, -0.25) is 4.79 Å². The zero-order valence-corrected chi connectivity index (χ0v) is 14.4. The van der Waals surface area contributed by atoms with Gasteiger partial charge in [0.15, 0.2) is 6.29 Å². The van der Waals surface area contributed by atoms with Crippen molar-refractivity contribution in [1.29, 1.82) is 0 Å². The standard InChI is InChI=1S/C16H18FN3O3S/c1-10(2)15-13(8-21)16(11-4-6-12(17)7-5-11)20-14(19-15)9-24(22,23)18-3/h4-8,10,18H,9H2,1-3H3. The second-order valence-electron chi connectivity index (χ2n) is 5.53. The van der Waals surface area contributed by atoms with Crippen molar-refractivity contribution in [2.45, 2.75) is 25.5 Å². The van der Waals surface area contributed by atoms with Crippen molar-refractivity contribution in [1.82, 2.24) is 14.7 Å². The second-order valence-corrected chi connectivity index (χ2v) is 7.46. The Morgan fingerprint density at radius 1 is 1.21 bits per heavy atom. The van der Waals surface area contributed by atoms with Crippen LogP contribution < -0.4 is 4.72 Å². The third-order valence-corrected chi connectivity index (χ3v) is 4.69. The number of benzene rings is 1. The summed E-state index contributed by atoms with van der Waals surface area (Å²) in [5.41, 5.74) is 1.55. The number of hydrogen-bond donors (Lipinski definition) is 1. The minimum absolute atomic E-state index is 0.0815. The van der Waals surface area contributed by atoms with E-state index in [0.717, 1.165) is 0 Å². The monoisotopic (exact) mass is 351 g/mol. The smallest absolute Gasteiger partial charge is 0.218 e. The molecule has 0 saturated carbocycles. The lowest BCUT2D eigenvalue weighted by Gasteiger charge is -2.14. The van der Waals surface area contributed by atoms with Crippen molar-refractivity contribution in [2.75, 3.05) is 7.05 Å². The highest BCUT2D eigenvalue weighted by molar-refractivity contribution is 7.88. The van der Waals surface area contributed by atoms with Gasteiger partial charge in [0.25, 0.3) is 0 Å². The average Bonchev–Trinajstić information content (AvgIpc) is 2.54. The summed E-state index contributed by atoms with van der Waals surface area (Å²) < 4.78 is 38.9. The van der Waals surface area contributed by atoms with E-state index in [1.54, 1.807) is 0 Å². The minimum Gasteiger partial charge on any atom is -0.298 e. The van der Waals surface area contributed by atoms with E-state index >= 15 is 0 Å². The Labute approximate surface area is 140 Å². The predicted octanol–water partition coefficient (Wildman–Crippen LogP) is 2.27. The van der Waals surface area contributed by atoms with Crippen LogP contribution in [0.3, 0.4) is 0 Å². The number of hydrogen-bond acceptors (Lipinski definition) is 5. The van der Waals surface area contributed by atoms with Gasteiger partial charge in [0.2, 0.25) is 10.0 Å². The van der Waals surface area contributed by atoms with Crippen molar-refractivity contribution in [3.05, 3.63) is 47.2 Å². The van der Waals surface area contributed by atoms with Crippen LogP contribution in [0.25, 0.3) is 11.3 Å². The molecular formula is C16H18FN3O3S. The minimum atomic E-state index is -3.56. The van der Waals surface area contributed by atoms with Crippen LogP contribution in [0.2, 0.25) is 0 Å². The van der Waals surface area contributed by atoms with E-state index in [0.29, 0.717) is 23.2 Å². The highest BCUT2D eigenvalue weighted by atomic mass is 32.2. The molecule has 24 heavy (non-hydrogen) atoms. The van der Waals surface area contributed by atoms with Gasteiger partial charge in [0.1, 0.15) is 17.4 Å². The molecule has 1 N–H and O–H groups in total.